The van der Waals surface area contributed by atoms with Crippen LogP contribution in [0.4, 0.5) is 9.52 Å². The highest BCUT2D eigenvalue weighted by molar-refractivity contribution is 7.13. The highest BCUT2D eigenvalue weighted by atomic mass is 32.1. The van der Waals surface area contributed by atoms with Crippen molar-refractivity contribution in [3.8, 4) is 28.8 Å². The monoisotopic (exact) mass is 489 g/mol. The molecule has 0 saturated carbocycles. The van der Waals surface area contributed by atoms with E-state index in [0.29, 0.717) is 39.0 Å². The summed E-state index contributed by atoms with van der Waals surface area (Å²) in [5.41, 5.74) is 1.97. The van der Waals surface area contributed by atoms with E-state index in [0.717, 1.165) is 0 Å². The zero-order valence-electron chi connectivity index (χ0n) is 18.9. The van der Waals surface area contributed by atoms with E-state index in [1.807, 2.05) is 6.07 Å². The summed E-state index contributed by atoms with van der Waals surface area (Å²) in [7, 11) is 3.06. The fourth-order valence-corrected chi connectivity index (χ4v) is 3.91. The molecule has 0 fully saturated rings. The number of nitrogens with one attached hydrogen (secondary N) is 1. The van der Waals surface area contributed by atoms with E-state index >= 15 is 0 Å². The molecule has 0 aliphatic rings. The van der Waals surface area contributed by atoms with Gasteiger partial charge in [0.15, 0.2) is 16.6 Å². The van der Waals surface area contributed by atoms with Crippen molar-refractivity contribution in [3.63, 3.8) is 0 Å². The Labute approximate surface area is 204 Å². The van der Waals surface area contributed by atoms with Gasteiger partial charge in [-0.1, -0.05) is 18.2 Å². The van der Waals surface area contributed by atoms with E-state index in [2.05, 4.69) is 15.4 Å². The molecule has 4 aromatic rings. The number of methoxy groups -OCH3 is 2. The lowest BCUT2D eigenvalue weighted by atomic mass is 10.1. The van der Waals surface area contributed by atoms with Crippen LogP contribution in [0.25, 0.3) is 17.3 Å². The number of carbonyl (C=O) groups is 1. The highest BCUT2D eigenvalue weighted by Crippen LogP contribution is 2.34. The van der Waals surface area contributed by atoms with E-state index in [-0.39, 0.29) is 17.9 Å². The van der Waals surface area contributed by atoms with E-state index in [1.165, 1.54) is 37.7 Å². The van der Waals surface area contributed by atoms with Gasteiger partial charge in [-0.25, -0.2) is 9.37 Å². The second-order valence-corrected chi connectivity index (χ2v) is 8.15. The number of hydrogen-bond acceptors (Lipinski definition) is 7. The topological polar surface area (TPSA) is 102 Å². The van der Waals surface area contributed by atoms with E-state index < -0.39 is 5.91 Å². The number of nitrogens with zero attached hydrogens (tertiary/aromatic N) is 4. The minimum Gasteiger partial charge on any atom is -0.493 e. The maximum Gasteiger partial charge on any atom is 0.268 e. The van der Waals surface area contributed by atoms with Crippen molar-refractivity contribution in [2.45, 2.75) is 6.54 Å². The molecule has 1 N–H and O–H groups in total. The van der Waals surface area contributed by atoms with E-state index in [9.17, 15) is 14.4 Å². The first-order chi connectivity index (χ1) is 17.0. The Kier molecular flexibility index (Phi) is 7.18. The van der Waals surface area contributed by atoms with Crippen LogP contribution in [-0.4, -0.2) is 34.9 Å². The van der Waals surface area contributed by atoms with Crippen LogP contribution < -0.4 is 14.8 Å². The van der Waals surface area contributed by atoms with Gasteiger partial charge in [0.05, 0.1) is 26.5 Å². The summed E-state index contributed by atoms with van der Waals surface area (Å²) in [4.78, 5) is 16.7. The summed E-state index contributed by atoms with van der Waals surface area (Å²) in [5, 5.41) is 19.0. The maximum atomic E-state index is 14.3. The fraction of sp³-hybridized carbons (Fsp3) is 0.120. The van der Waals surface area contributed by atoms with Crippen LogP contribution in [0.3, 0.4) is 0 Å². The van der Waals surface area contributed by atoms with Crippen LogP contribution in [0.5, 0.6) is 11.5 Å². The third-order valence-corrected chi connectivity index (χ3v) is 5.74. The molecule has 2 heterocycles. The molecule has 0 saturated heterocycles. The number of ether oxygens (including phenoxy) is 2. The standard InChI is InChI=1S/C25H20FN5O3S/c1-33-21-8-7-16(12-22(21)34-2)23-19(11-18(13-27)24(32)29-25-28-9-10-35-25)15-31(30-23)14-17-5-3-4-6-20(17)26/h3-12,15H,14H2,1-2H3,(H,28,29,32)/b18-11+. The second kappa shape index (κ2) is 10.6. The molecular formula is C25H20FN5O3S. The largest absolute Gasteiger partial charge is 0.493 e. The molecule has 0 radical (unpaired) electrons. The second-order valence-electron chi connectivity index (χ2n) is 7.25. The van der Waals surface area contributed by atoms with Crippen LogP contribution in [0.2, 0.25) is 0 Å². The molecule has 10 heteroatoms. The minimum atomic E-state index is -0.595. The predicted molar refractivity (Wildman–Crippen MR) is 131 cm³/mol. The highest BCUT2D eigenvalue weighted by Gasteiger charge is 2.17. The molecule has 2 aromatic heterocycles. The Morgan fingerprint density at radius 3 is 2.71 bits per heavy atom. The first-order valence-electron chi connectivity index (χ1n) is 10.4. The smallest absolute Gasteiger partial charge is 0.268 e. The molecule has 4 rings (SSSR count). The quantitative estimate of drug-likeness (QED) is 0.283. The van der Waals surface area contributed by atoms with Crippen LogP contribution in [0.1, 0.15) is 11.1 Å². The zero-order valence-corrected chi connectivity index (χ0v) is 19.7. The van der Waals surface area contributed by atoms with Crippen molar-refractivity contribution in [2.24, 2.45) is 0 Å². The van der Waals surface area contributed by atoms with Gasteiger partial charge in [0.1, 0.15) is 17.5 Å². The Balaban J connectivity index is 1.77. The van der Waals surface area contributed by atoms with Crippen LogP contribution in [0.15, 0.2) is 65.8 Å². The Bertz CT molecular complexity index is 1420. The number of aromatic nitrogens is 3. The molecule has 176 valence electrons. The predicted octanol–water partition coefficient (Wildman–Crippen LogP) is 4.76. The van der Waals surface area contributed by atoms with Crippen molar-refractivity contribution in [3.05, 3.63) is 82.8 Å². The van der Waals surface area contributed by atoms with Crippen molar-refractivity contribution >= 4 is 28.5 Å². The van der Waals surface area contributed by atoms with Crippen molar-refractivity contribution in [1.29, 1.82) is 5.26 Å². The normalized spacial score (nSPS) is 11.1. The summed E-state index contributed by atoms with van der Waals surface area (Å²) in [6, 6.07) is 13.6. The number of anilines is 1. The molecule has 8 nitrogen and oxygen atoms in total. The lowest BCUT2D eigenvalue weighted by Crippen LogP contribution is -2.13. The SMILES string of the molecule is COc1ccc(-c2nn(Cc3ccccc3F)cc2/C=C(\C#N)C(=O)Nc2nccs2)cc1OC. The van der Waals surface area contributed by atoms with Gasteiger partial charge in [0.25, 0.3) is 5.91 Å². The van der Waals surface area contributed by atoms with Crippen molar-refractivity contribution in [1.82, 2.24) is 14.8 Å². The number of nitriles is 1. The number of rotatable bonds is 8. The average molecular weight is 490 g/mol. The van der Waals surface area contributed by atoms with Crippen molar-refractivity contribution in [2.75, 3.05) is 19.5 Å². The first kappa shape index (κ1) is 23.7. The number of benzene rings is 2. The van der Waals surface area contributed by atoms with Gasteiger partial charge in [-0.2, -0.15) is 10.4 Å². The summed E-state index contributed by atoms with van der Waals surface area (Å²) < 4.78 is 26.5. The van der Waals surface area contributed by atoms with Gasteiger partial charge in [0, 0.05) is 34.5 Å². The first-order valence-corrected chi connectivity index (χ1v) is 11.3. The van der Waals surface area contributed by atoms with Gasteiger partial charge >= 0.3 is 0 Å². The number of amides is 1. The molecule has 0 bridgehead atoms. The molecule has 2 aromatic carbocycles. The molecular weight excluding hydrogens is 469 g/mol. The minimum absolute atomic E-state index is 0.132. The summed E-state index contributed by atoms with van der Waals surface area (Å²) in [6.07, 6.45) is 4.66. The molecule has 35 heavy (non-hydrogen) atoms. The van der Waals surface area contributed by atoms with Gasteiger partial charge in [-0.05, 0) is 30.3 Å². The lowest BCUT2D eigenvalue weighted by molar-refractivity contribution is -0.112. The number of halogens is 1. The van der Waals surface area contributed by atoms with Crippen molar-refractivity contribution < 1.29 is 18.7 Å². The zero-order chi connectivity index (χ0) is 24.8. The van der Waals surface area contributed by atoms with Gasteiger partial charge in [-0.3, -0.25) is 14.8 Å². The lowest BCUT2D eigenvalue weighted by Gasteiger charge is -2.09. The Morgan fingerprint density at radius 1 is 1.23 bits per heavy atom. The van der Waals surface area contributed by atoms with E-state index in [1.54, 1.807) is 58.9 Å². The molecule has 0 spiro atoms. The summed E-state index contributed by atoms with van der Waals surface area (Å²) >= 11 is 1.24. The molecule has 0 atom stereocenters. The van der Waals surface area contributed by atoms with Crippen LogP contribution >= 0.6 is 11.3 Å². The summed E-state index contributed by atoms with van der Waals surface area (Å²) in [6.45, 7) is 0.161. The molecule has 0 unspecified atom stereocenters. The van der Waals surface area contributed by atoms with Crippen LogP contribution in [-0.2, 0) is 11.3 Å². The number of carbonyl (C=O) groups excluding carboxylic acids is 1. The Morgan fingerprint density at radius 2 is 2.03 bits per heavy atom. The van der Waals surface area contributed by atoms with Crippen LogP contribution in [0, 0.1) is 17.1 Å². The number of thiazole rings is 1. The van der Waals surface area contributed by atoms with Gasteiger partial charge < -0.3 is 9.47 Å². The maximum absolute atomic E-state index is 14.3. The summed E-state index contributed by atoms with van der Waals surface area (Å²) in [5.74, 6) is 0.0844. The Hall–Kier alpha value is -4.49. The molecule has 1 amide bonds. The van der Waals surface area contributed by atoms with Gasteiger partial charge in [0.2, 0.25) is 0 Å². The third kappa shape index (κ3) is 5.37. The third-order valence-electron chi connectivity index (χ3n) is 5.05. The number of hydrogen-bond donors (Lipinski definition) is 1. The van der Waals surface area contributed by atoms with Gasteiger partial charge in [-0.15, -0.1) is 11.3 Å². The molecule has 0 aliphatic heterocycles. The van der Waals surface area contributed by atoms with E-state index in [4.69, 9.17) is 9.47 Å². The average Bonchev–Trinajstić information content (AvgIpc) is 3.53. The fourth-order valence-electron chi connectivity index (χ4n) is 3.39. The molecule has 0 aliphatic carbocycles.